The molecule has 0 aromatic carbocycles. The maximum absolute atomic E-state index is 6.25. The average Bonchev–Trinajstić information content (AvgIpc) is 2.46. The zero-order valence-corrected chi connectivity index (χ0v) is 12.3. The van der Waals surface area contributed by atoms with E-state index >= 15 is 0 Å². The van der Waals surface area contributed by atoms with Gasteiger partial charge >= 0.3 is 0 Å². The zero-order chi connectivity index (χ0) is 14.4. The van der Waals surface area contributed by atoms with Crippen LogP contribution in [-0.2, 0) is 6.42 Å². The molecule has 0 aliphatic rings. The number of aromatic nitrogens is 2. The van der Waals surface area contributed by atoms with Crippen molar-refractivity contribution >= 4 is 17.4 Å². The van der Waals surface area contributed by atoms with Gasteiger partial charge in [-0.05, 0) is 43.1 Å². The highest BCUT2D eigenvalue weighted by Crippen LogP contribution is 2.24. The average molecular weight is 291 g/mol. The van der Waals surface area contributed by atoms with Gasteiger partial charge in [0.2, 0.25) is 0 Å². The number of nitrogen functional groups attached to an aromatic ring is 1. The van der Waals surface area contributed by atoms with Crippen LogP contribution in [0.4, 0.5) is 5.82 Å². The largest absolute Gasteiger partial charge is 0.383 e. The molecule has 0 radical (unpaired) electrons. The predicted octanol–water partition coefficient (Wildman–Crippen LogP) is 3.00. The highest BCUT2D eigenvalue weighted by molar-refractivity contribution is 6.31. The van der Waals surface area contributed by atoms with Crippen LogP contribution in [-0.4, -0.2) is 16.5 Å². The maximum atomic E-state index is 6.25. The molecule has 0 saturated heterocycles. The number of pyridine rings is 2. The molecule has 0 bridgehead atoms. The van der Waals surface area contributed by atoms with E-state index < -0.39 is 0 Å². The van der Waals surface area contributed by atoms with Crippen molar-refractivity contribution in [2.75, 3.05) is 12.3 Å². The van der Waals surface area contributed by atoms with E-state index in [9.17, 15) is 0 Å². The molecule has 2 aromatic rings. The van der Waals surface area contributed by atoms with Crippen LogP contribution in [0.5, 0.6) is 0 Å². The van der Waals surface area contributed by atoms with Gasteiger partial charge in [-0.3, -0.25) is 4.98 Å². The van der Waals surface area contributed by atoms with E-state index in [0.717, 1.165) is 30.6 Å². The summed E-state index contributed by atoms with van der Waals surface area (Å²) in [7, 11) is 0. The minimum Gasteiger partial charge on any atom is -0.383 e. The van der Waals surface area contributed by atoms with E-state index in [-0.39, 0.29) is 6.04 Å². The minimum absolute atomic E-state index is 0.0372. The molecule has 2 aromatic heterocycles. The van der Waals surface area contributed by atoms with Gasteiger partial charge in [0.15, 0.2) is 0 Å². The van der Waals surface area contributed by atoms with Crippen molar-refractivity contribution in [3.8, 4) is 0 Å². The second kappa shape index (κ2) is 7.22. The van der Waals surface area contributed by atoms with E-state index in [0.29, 0.717) is 10.8 Å². The molecular weight excluding hydrogens is 272 g/mol. The first-order valence-electron chi connectivity index (χ1n) is 6.75. The van der Waals surface area contributed by atoms with E-state index in [1.807, 2.05) is 24.3 Å². The molecule has 0 spiro atoms. The van der Waals surface area contributed by atoms with Gasteiger partial charge in [-0.2, -0.15) is 0 Å². The third-order valence-corrected chi connectivity index (χ3v) is 3.43. The Morgan fingerprint density at radius 3 is 2.70 bits per heavy atom. The summed E-state index contributed by atoms with van der Waals surface area (Å²) in [6.07, 6.45) is 5.22. The second-order valence-corrected chi connectivity index (χ2v) is 5.04. The molecule has 0 saturated carbocycles. The number of nitrogens with two attached hydrogens (primary N) is 1. The van der Waals surface area contributed by atoms with E-state index in [2.05, 4.69) is 22.2 Å². The van der Waals surface area contributed by atoms with Crippen molar-refractivity contribution in [1.82, 2.24) is 15.3 Å². The van der Waals surface area contributed by atoms with Gasteiger partial charge in [-0.1, -0.05) is 24.6 Å². The molecule has 0 aliphatic carbocycles. The van der Waals surface area contributed by atoms with Crippen molar-refractivity contribution in [1.29, 1.82) is 0 Å². The van der Waals surface area contributed by atoms with Gasteiger partial charge in [0.1, 0.15) is 5.82 Å². The predicted molar refractivity (Wildman–Crippen MR) is 82.6 cm³/mol. The van der Waals surface area contributed by atoms with E-state index in [4.69, 9.17) is 17.3 Å². The fourth-order valence-electron chi connectivity index (χ4n) is 2.08. The molecule has 1 atom stereocenters. The standard InChI is InChI=1S/C15H19ClN4/c1-2-7-18-13(14-12(16)6-4-8-19-14)10-11-5-3-9-20-15(11)17/h3-6,8-9,13,18H,2,7,10H2,1H3,(H2,17,20). The zero-order valence-electron chi connectivity index (χ0n) is 11.5. The Hall–Kier alpha value is -1.65. The summed E-state index contributed by atoms with van der Waals surface area (Å²) < 4.78 is 0. The van der Waals surface area contributed by atoms with Crippen LogP contribution in [0, 0.1) is 0 Å². The van der Waals surface area contributed by atoms with Gasteiger partial charge in [0.05, 0.1) is 16.8 Å². The molecule has 5 heteroatoms. The lowest BCUT2D eigenvalue weighted by Gasteiger charge is -2.19. The van der Waals surface area contributed by atoms with Crippen molar-refractivity contribution in [2.24, 2.45) is 0 Å². The summed E-state index contributed by atoms with van der Waals surface area (Å²) in [5, 5.41) is 4.14. The van der Waals surface area contributed by atoms with Gasteiger partial charge in [0.25, 0.3) is 0 Å². The number of rotatable bonds is 6. The molecule has 0 aliphatic heterocycles. The van der Waals surface area contributed by atoms with Gasteiger partial charge in [-0.25, -0.2) is 4.98 Å². The van der Waals surface area contributed by atoms with Gasteiger partial charge < -0.3 is 11.1 Å². The van der Waals surface area contributed by atoms with Gasteiger partial charge in [0, 0.05) is 12.4 Å². The number of hydrogen-bond acceptors (Lipinski definition) is 4. The summed E-state index contributed by atoms with van der Waals surface area (Å²) >= 11 is 6.25. The SMILES string of the molecule is CCCNC(Cc1cccnc1N)c1ncccc1Cl. The fraction of sp³-hybridized carbons (Fsp3) is 0.333. The monoisotopic (exact) mass is 290 g/mol. The number of nitrogens with one attached hydrogen (secondary N) is 1. The van der Waals surface area contributed by atoms with Crippen LogP contribution < -0.4 is 11.1 Å². The van der Waals surface area contributed by atoms with Crippen LogP contribution in [0.2, 0.25) is 5.02 Å². The van der Waals surface area contributed by atoms with E-state index in [1.54, 1.807) is 12.4 Å². The third kappa shape index (κ3) is 3.68. The molecule has 2 rings (SSSR count). The minimum atomic E-state index is 0.0372. The number of halogens is 1. The van der Waals surface area contributed by atoms with Crippen LogP contribution >= 0.6 is 11.6 Å². The Labute approximate surface area is 124 Å². The molecule has 4 nitrogen and oxygen atoms in total. The van der Waals surface area contributed by atoms with Crippen LogP contribution in [0.3, 0.4) is 0 Å². The topological polar surface area (TPSA) is 63.8 Å². The Bertz CT molecular complexity index is 559. The molecule has 0 amide bonds. The fourth-order valence-corrected chi connectivity index (χ4v) is 2.33. The molecule has 2 heterocycles. The smallest absolute Gasteiger partial charge is 0.126 e. The van der Waals surface area contributed by atoms with Crippen LogP contribution in [0.25, 0.3) is 0 Å². The van der Waals surface area contributed by atoms with E-state index in [1.165, 1.54) is 0 Å². The quantitative estimate of drug-likeness (QED) is 0.858. The first kappa shape index (κ1) is 14.8. The maximum Gasteiger partial charge on any atom is 0.126 e. The first-order valence-corrected chi connectivity index (χ1v) is 7.13. The first-order chi connectivity index (χ1) is 9.72. The molecular formula is C15H19ClN4. The highest BCUT2D eigenvalue weighted by Gasteiger charge is 2.17. The Morgan fingerprint density at radius 1 is 1.25 bits per heavy atom. The number of hydrogen-bond donors (Lipinski definition) is 2. The molecule has 3 N–H and O–H groups in total. The lowest BCUT2D eigenvalue weighted by molar-refractivity contribution is 0.518. The lowest BCUT2D eigenvalue weighted by atomic mass is 10.0. The Kier molecular flexibility index (Phi) is 5.32. The summed E-state index contributed by atoms with van der Waals surface area (Å²) in [5.74, 6) is 0.558. The normalized spacial score (nSPS) is 12.3. The van der Waals surface area contributed by atoms with Crippen LogP contribution in [0.1, 0.15) is 30.6 Å². The molecule has 20 heavy (non-hydrogen) atoms. The third-order valence-electron chi connectivity index (χ3n) is 3.11. The summed E-state index contributed by atoms with van der Waals surface area (Å²) in [4.78, 5) is 8.53. The number of anilines is 1. The number of nitrogens with zero attached hydrogens (tertiary/aromatic N) is 2. The summed E-state index contributed by atoms with van der Waals surface area (Å²) in [6.45, 7) is 3.03. The van der Waals surface area contributed by atoms with Gasteiger partial charge in [-0.15, -0.1) is 0 Å². The van der Waals surface area contributed by atoms with Crippen molar-refractivity contribution in [2.45, 2.75) is 25.8 Å². The highest BCUT2D eigenvalue weighted by atomic mass is 35.5. The Balaban J connectivity index is 2.24. The second-order valence-electron chi connectivity index (χ2n) is 4.63. The summed E-state index contributed by atoms with van der Waals surface area (Å²) in [5.41, 5.74) is 7.78. The Morgan fingerprint density at radius 2 is 2.00 bits per heavy atom. The lowest BCUT2D eigenvalue weighted by Crippen LogP contribution is -2.25. The molecule has 1 unspecified atom stereocenters. The van der Waals surface area contributed by atoms with Crippen LogP contribution in [0.15, 0.2) is 36.7 Å². The van der Waals surface area contributed by atoms with Crippen molar-refractivity contribution in [3.05, 3.63) is 52.9 Å². The van der Waals surface area contributed by atoms with Crippen molar-refractivity contribution < 1.29 is 0 Å². The molecule has 106 valence electrons. The van der Waals surface area contributed by atoms with Crippen molar-refractivity contribution in [3.63, 3.8) is 0 Å². The molecule has 0 fully saturated rings. The summed E-state index contributed by atoms with van der Waals surface area (Å²) in [6, 6.07) is 7.61.